The topological polar surface area (TPSA) is 42.1 Å². The van der Waals surface area contributed by atoms with Gasteiger partial charge in [0.2, 0.25) is 0 Å². The summed E-state index contributed by atoms with van der Waals surface area (Å²) in [6.07, 6.45) is 11.1. The van der Waals surface area contributed by atoms with E-state index >= 15 is 0 Å². The van der Waals surface area contributed by atoms with Crippen LogP contribution in [0.3, 0.4) is 0 Å². The summed E-state index contributed by atoms with van der Waals surface area (Å²) in [5.74, 6) is -0.301. The fraction of sp³-hybridized carbons (Fsp3) is 0. The maximum atomic E-state index is 14.3. The molecule has 1 aromatic heterocycles. The van der Waals surface area contributed by atoms with Gasteiger partial charge >= 0.3 is 0 Å². The Kier molecular flexibility index (Phi) is 3.35. The van der Waals surface area contributed by atoms with Gasteiger partial charge in [-0.05, 0) is 24.3 Å². The van der Waals surface area contributed by atoms with Crippen molar-refractivity contribution in [1.82, 2.24) is 4.98 Å². The summed E-state index contributed by atoms with van der Waals surface area (Å²) >= 11 is 1.34. The monoisotopic (exact) mass is 285 g/mol. The number of allylic oxidation sites excluding steroid dienone is 4. The van der Waals surface area contributed by atoms with Crippen LogP contribution in [-0.2, 0) is 0 Å². The average Bonchev–Trinajstić information content (AvgIpc) is 2.72. The number of nitrogen functional groups attached to an aromatic ring is 1. The van der Waals surface area contributed by atoms with Crippen molar-refractivity contribution in [3.05, 3.63) is 66.1 Å². The first-order valence-electron chi connectivity index (χ1n) is 6.05. The van der Waals surface area contributed by atoms with Gasteiger partial charge in [-0.25, -0.2) is 9.37 Å². The standard InChI is InChI=1S/C15H12FN3S/c16-12-9-11(13-10-20-15(17)18-13)5-6-14(12)19-7-3-1-2-4-8-19/h1-10H,(H2,17,18). The van der Waals surface area contributed by atoms with Crippen LogP contribution >= 0.6 is 11.3 Å². The van der Waals surface area contributed by atoms with E-state index in [1.54, 1.807) is 23.4 Å². The zero-order valence-electron chi connectivity index (χ0n) is 10.5. The third-order valence-electron chi connectivity index (χ3n) is 2.87. The molecular weight excluding hydrogens is 273 g/mol. The van der Waals surface area contributed by atoms with Crippen molar-refractivity contribution in [2.75, 3.05) is 10.6 Å². The minimum atomic E-state index is -0.301. The molecule has 0 atom stereocenters. The first-order valence-corrected chi connectivity index (χ1v) is 6.93. The van der Waals surface area contributed by atoms with Crippen molar-refractivity contribution >= 4 is 22.2 Å². The van der Waals surface area contributed by atoms with Gasteiger partial charge in [0, 0.05) is 23.3 Å². The molecule has 1 aromatic carbocycles. The number of hydrogen-bond acceptors (Lipinski definition) is 4. The highest BCUT2D eigenvalue weighted by Crippen LogP contribution is 2.28. The minimum Gasteiger partial charge on any atom is -0.375 e. The summed E-state index contributed by atoms with van der Waals surface area (Å²) in [6.45, 7) is 0. The van der Waals surface area contributed by atoms with Gasteiger partial charge in [0.15, 0.2) is 5.13 Å². The van der Waals surface area contributed by atoms with Crippen LogP contribution in [0.4, 0.5) is 15.2 Å². The molecule has 0 spiro atoms. The number of anilines is 2. The maximum Gasteiger partial charge on any atom is 0.180 e. The van der Waals surface area contributed by atoms with Crippen LogP contribution in [0.5, 0.6) is 0 Å². The molecule has 0 saturated heterocycles. The van der Waals surface area contributed by atoms with Gasteiger partial charge in [-0.15, -0.1) is 11.3 Å². The molecule has 3 rings (SSSR count). The SMILES string of the molecule is Nc1nc(-c2ccc(N3C=CC=CC=C3)c(F)c2)cs1. The highest BCUT2D eigenvalue weighted by Gasteiger charge is 2.10. The van der Waals surface area contributed by atoms with Crippen LogP contribution in [0.2, 0.25) is 0 Å². The van der Waals surface area contributed by atoms with E-state index in [0.29, 0.717) is 16.5 Å². The van der Waals surface area contributed by atoms with Gasteiger partial charge in [-0.3, -0.25) is 0 Å². The van der Waals surface area contributed by atoms with Gasteiger partial charge in [0.1, 0.15) is 5.82 Å². The van der Waals surface area contributed by atoms with Gasteiger partial charge in [0.25, 0.3) is 0 Å². The second kappa shape index (κ2) is 5.30. The Hall–Kier alpha value is -2.40. The Morgan fingerprint density at radius 3 is 2.45 bits per heavy atom. The molecular formula is C15H12FN3S. The Morgan fingerprint density at radius 1 is 1.10 bits per heavy atom. The second-order valence-electron chi connectivity index (χ2n) is 4.21. The van der Waals surface area contributed by atoms with E-state index in [1.807, 2.05) is 35.8 Å². The number of benzene rings is 1. The fourth-order valence-corrected chi connectivity index (χ4v) is 2.49. The number of aromatic nitrogens is 1. The largest absolute Gasteiger partial charge is 0.375 e. The third kappa shape index (κ3) is 2.48. The number of hydrogen-bond donors (Lipinski definition) is 1. The number of nitrogens with two attached hydrogens (primary N) is 1. The number of thiazole rings is 1. The Balaban J connectivity index is 1.95. The predicted octanol–water partition coefficient (Wildman–Crippen LogP) is 3.94. The van der Waals surface area contributed by atoms with Crippen LogP contribution in [-0.4, -0.2) is 4.98 Å². The molecule has 0 saturated carbocycles. The van der Waals surface area contributed by atoms with E-state index in [9.17, 15) is 4.39 Å². The Bertz CT molecular complexity index is 700. The van der Waals surface area contributed by atoms with Crippen molar-refractivity contribution in [2.24, 2.45) is 0 Å². The zero-order valence-corrected chi connectivity index (χ0v) is 11.3. The van der Waals surface area contributed by atoms with Crippen LogP contribution in [0.1, 0.15) is 0 Å². The molecule has 2 N–H and O–H groups in total. The molecule has 0 aliphatic carbocycles. The summed E-state index contributed by atoms with van der Waals surface area (Å²) in [4.78, 5) is 5.89. The first-order chi connectivity index (χ1) is 9.74. The lowest BCUT2D eigenvalue weighted by Crippen LogP contribution is -2.08. The van der Waals surface area contributed by atoms with E-state index in [2.05, 4.69) is 4.98 Å². The van der Waals surface area contributed by atoms with Gasteiger partial charge < -0.3 is 10.6 Å². The lowest BCUT2D eigenvalue weighted by atomic mass is 10.1. The lowest BCUT2D eigenvalue weighted by Gasteiger charge is -2.16. The maximum absolute atomic E-state index is 14.3. The van der Waals surface area contributed by atoms with Crippen molar-refractivity contribution < 1.29 is 4.39 Å². The van der Waals surface area contributed by atoms with Crippen molar-refractivity contribution in [2.45, 2.75) is 0 Å². The Morgan fingerprint density at radius 2 is 1.85 bits per heavy atom. The second-order valence-corrected chi connectivity index (χ2v) is 5.10. The molecule has 0 radical (unpaired) electrons. The molecule has 100 valence electrons. The molecule has 2 heterocycles. The molecule has 0 bridgehead atoms. The fourth-order valence-electron chi connectivity index (χ4n) is 1.92. The molecule has 1 aliphatic rings. The van der Waals surface area contributed by atoms with Crippen molar-refractivity contribution in [3.8, 4) is 11.3 Å². The van der Waals surface area contributed by atoms with Crippen molar-refractivity contribution in [3.63, 3.8) is 0 Å². The molecule has 20 heavy (non-hydrogen) atoms. The summed E-state index contributed by atoms with van der Waals surface area (Å²) < 4.78 is 14.3. The van der Waals surface area contributed by atoms with Gasteiger partial charge in [-0.1, -0.05) is 18.2 Å². The van der Waals surface area contributed by atoms with Crippen LogP contribution < -0.4 is 10.6 Å². The molecule has 0 unspecified atom stereocenters. The van der Waals surface area contributed by atoms with E-state index in [4.69, 9.17) is 5.73 Å². The highest BCUT2D eigenvalue weighted by molar-refractivity contribution is 7.13. The van der Waals surface area contributed by atoms with Crippen LogP contribution in [0.15, 0.2) is 60.3 Å². The average molecular weight is 285 g/mol. The molecule has 3 nitrogen and oxygen atoms in total. The highest BCUT2D eigenvalue weighted by atomic mass is 32.1. The summed E-state index contributed by atoms with van der Waals surface area (Å²) in [5.41, 5.74) is 7.51. The Labute approximate surface area is 120 Å². The number of halogens is 1. The third-order valence-corrected chi connectivity index (χ3v) is 3.54. The molecule has 2 aromatic rings. The summed E-state index contributed by atoms with van der Waals surface area (Å²) in [6, 6.07) is 5.05. The molecule has 1 aliphatic heterocycles. The van der Waals surface area contributed by atoms with Crippen LogP contribution in [0, 0.1) is 5.82 Å². The first kappa shape index (κ1) is 12.6. The number of rotatable bonds is 2. The number of nitrogens with zero attached hydrogens (tertiary/aromatic N) is 2. The van der Waals surface area contributed by atoms with Crippen LogP contribution in [0.25, 0.3) is 11.3 Å². The molecule has 0 fully saturated rings. The summed E-state index contributed by atoms with van der Waals surface area (Å²) in [7, 11) is 0. The van der Waals surface area contributed by atoms with Crippen molar-refractivity contribution in [1.29, 1.82) is 0 Å². The smallest absolute Gasteiger partial charge is 0.180 e. The van der Waals surface area contributed by atoms with E-state index < -0.39 is 0 Å². The van der Waals surface area contributed by atoms with E-state index in [1.165, 1.54) is 17.4 Å². The quantitative estimate of drug-likeness (QED) is 0.909. The van der Waals surface area contributed by atoms with Gasteiger partial charge in [-0.2, -0.15) is 0 Å². The predicted molar refractivity (Wildman–Crippen MR) is 81.8 cm³/mol. The normalized spacial score (nSPS) is 13.8. The van der Waals surface area contributed by atoms with E-state index in [0.717, 1.165) is 5.56 Å². The molecule has 0 amide bonds. The van der Waals surface area contributed by atoms with E-state index in [-0.39, 0.29) is 5.82 Å². The minimum absolute atomic E-state index is 0.301. The zero-order chi connectivity index (χ0) is 13.9. The summed E-state index contributed by atoms with van der Waals surface area (Å²) in [5, 5.41) is 2.30. The van der Waals surface area contributed by atoms with Gasteiger partial charge in [0.05, 0.1) is 11.4 Å². The lowest BCUT2D eigenvalue weighted by molar-refractivity contribution is 0.629. The molecule has 5 heteroatoms.